The summed E-state index contributed by atoms with van der Waals surface area (Å²) in [4.78, 5) is 0. The molecule has 0 N–H and O–H groups in total. The van der Waals surface area contributed by atoms with Crippen LogP contribution in [0.3, 0.4) is 0 Å². The molecule has 0 bridgehead atoms. The maximum absolute atomic E-state index is 10.1. The SMILES string of the molecule is CS(=O)(=O)CS([O])(=O)=O. The summed E-state index contributed by atoms with van der Waals surface area (Å²) in [6.07, 6.45) is 0.683. The zero-order valence-electron chi connectivity index (χ0n) is 4.56. The van der Waals surface area contributed by atoms with Crippen LogP contribution in [0.1, 0.15) is 0 Å². The molecule has 0 aliphatic heterocycles. The number of hydrogen-bond acceptors (Lipinski definition) is 4. The topological polar surface area (TPSA) is 88.2 Å². The molecule has 0 aliphatic rings. The van der Waals surface area contributed by atoms with Crippen molar-refractivity contribution in [2.24, 2.45) is 0 Å². The fraction of sp³-hybridized carbons (Fsp3) is 1.00. The Hall–Kier alpha value is -0.140. The number of sulfone groups is 1. The molecule has 0 heterocycles. The van der Waals surface area contributed by atoms with E-state index in [2.05, 4.69) is 0 Å². The molecule has 7 heteroatoms. The van der Waals surface area contributed by atoms with Crippen LogP contribution < -0.4 is 0 Å². The van der Waals surface area contributed by atoms with Crippen LogP contribution in [0.25, 0.3) is 0 Å². The average molecular weight is 173 g/mol. The van der Waals surface area contributed by atoms with Crippen molar-refractivity contribution in [3.8, 4) is 0 Å². The molecule has 0 spiro atoms. The normalized spacial score (nSPS) is 13.6. The fourth-order valence-electron chi connectivity index (χ4n) is 0.262. The summed E-state index contributed by atoms with van der Waals surface area (Å²) >= 11 is 0. The van der Waals surface area contributed by atoms with Crippen LogP contribution >= 0.6 is 0 Å². The molecule has 0 amide bonds. The highest BCUT2D eigenvalue weighted by Crippen LogP contribution is 1.89. The lowest BCUT2D eigenvalue weighted by Crippen LogP contribution is -2.12. The highest BCUT2D eigenvalue weighted by molar-refractivity contribution is 8.05. The van der Waals surface area contributed by atoms with Crippen LogP contribution in [0.2, 0.25) is 0 Å². The molecule has 1 radical (unpaired) electrons. The smallest absolute Gasteiger partial charge is 0.228 e. The van der Waals surface area contributed by atoms with Gasteiger partial charge in [-0.3, -0.25) is 0 Å². The van der Waals surface area contributed by atoms with Crippen LogP contribution in [-0.2, 0) is 24.5 Å². The van der Waals surface area contributed by atoms with Crippen molar-refractivity contribution < 1.29 is 21.4 Å². The van der Waals surface area contributed by atoms with Gasteiger partial charge in [0.2, 0.25) is 0 Å². The van der Waals surface area contributed by atoms with Crippen molar-refractivity contribution in [2.45, 2.75) is 0 Å². The van der Waals surface area contributed by atoms with Crippen LogP contribution in [0, 0.1) is 0 Å². The summed E-state index contributed by atoms with van der Waals surface area (Å²) in [5.41, 5.74) is 0. The van der Waals surface area contributed by atoms with Gasteiger partial charge in [-0.25, -0.2) is 8.42 Å². The first-order valence-corrected chi connectivity index (χ1v) is 5.46. The quantitative estimate of drug-likeness (QED) is 0.521. The Morgan fingerprint density at radius 3 is 1.44 bits per heavy atom. The largest absolute Gasteiger partial charge is 0.309 e. The highest BCUT2D eigenvalue weighted by atomic mass is 32.3. The molecule has 55 valence electrons. The molecular weight excluding hydrogens is 168 g/mol. The maximum atomic E-state index is 10.1. The summed E-state index contributed by atoms with van der Waals surface area (Å²) in [7, 11) is -8.30. The van der Waals surface area contributed by atoms with Crippen LogP contribution in [-0.4, -0.2) is 28.2 Å². The molecule has 9 heavy (non-hydrogen) atoms. The third kappa shape index (κ3) is 7.86. The monoisotopic (exact) mass is 173 g/mol. The second-order valence-electron chi connectivity index (χ2n) is 1.60. The third-order valence-corrected chi connectivity index (χ3v) is 3.23. The van der Waals surface area contributed by atoms with Crippen molar-refractivity contribution in [1.82, 2.24) is 0 Å². The van der Waals surface area contributed by atoms with Crippen molar-refractivity contribution >= 4 is 20.0 Å². The minimum absolute atomic E-state index is 0.683. The molecule has 0 aromatic carbocycles. The van der Waals surface area contributed by atoms with Gasteiger partial charge in [-0.2, -0.15) is 8.42 Å². The second-order valence-corrected chi connectivity index (χ2v) is 5.51. The van der Waals surface area contributed by atoms with Crippen molar-refractivity contribution in [1.29, 1.82) is 0 Å². The third-order valence-electron chi connectivity index (χ3n) is 0.358. The molecule has 0 aliphatic carbocycles. The standard InChI is InChI=1S/C2H5O5S2/c1-8(3,4)2-9(5,6)7/h2H2,1H3. The first-order valence-electron chi connectivity index (χ1n) is 1.82. The van der Waals surface area contributed by atoms with Gasteiger partial charge in [0, 0.05) is 6.26 Å². The lowest BCUT2D eigenvalue weighted by atomic mass is 11.9. The summed E-state index contributed by atoms with van der Waals surface area (Å²) < 4.78 is 49.3. The van der Waals surface area contributed by atoms with Gasteiger partial charge >= 0.3 is 10.1 Å². The minimum Gasteiger partial charge on any atom is -0.228 e. The predicted molar refractivity (Wildman–Crippen MR) is 29.3 cm³/mol. The molecule has 0 atom stereocenters. The van der Waals surface area contributed by atoms with E-state index in [0.29, 0.717) is 6.26 Å². The first kappa shape index (κ1) is 8.86. The minimum atomic E-state index is -4.62. The molecule has 0 aromatic rings. The van der Waals surface area contributed by atoms with Gasteiger partial charge in [-0.05, 0) is 0 Å². The Morgan fingerprint density at radius 2 is 1.44 bits per heavy atom. The van der Waals surface area contributed by atoms with E-state index in [-0.39, 0.29) is 0 Å². The second kappa shape index (κ2) is 2.24. The Labute approximate surface area is 53.4 Å². The summed E-state index contributed by atoms with van der Waals surface area (Å²) in [6, 6.07) is 0. The predicted octanol–water partition coefficient (Wildman–Crippen LogP) is -1.25. The van der Waals surface area contributed by atoms with Gasteiger partial charge < -0.3 is 0 Å². The molecule has 5 nitrogen and oxygen atoms in total. The van der Waals surface area contributed by atoms with Gasteiger partial charge in [0.15, 0.2) is 14.9 Å². The molecule has 0 fully saturated rings. The molecule has 0 saturated carbocycles. The van der Waals surface area contributed by atoms with Crippen molar-refractivity contribution in [2.75, 3.05) is 11.3 Å². The molecule has 0 aromatic heterocycles. The summed E-state index contributed by atoms with van der Waals surface area (Å²) in [6.45, 7) is 0. The fourth-order valence-corrected chi connectivity index (χ4v) is 2.36. The zero-order chi connectivity index (χ0) is 7.71. The van der Waals surface area contributed by atoms with Crippen molar-refractivity contribution in [3.63, 3.8) is 0 Å². The maximum Gasteiger partial charge on any atom is 0.309 e. The van der Waals surface area contributed by atoms with Gasteiger partial charge in [0.05, 0.1) is 0 Å². The van der Waals surface area contributed by atoms with E-state index in [9.17, 15) is 21.4 Å². The van der Waals surface area contributed by atoms with Gasteiger partial charge in [0.1, 0.15) is 0 Å². The van der Waals surface area contributed by atoms with E-state index >= 15 is 0 Å². The highest BCUT2D eigenvalue weighted by Gasteiger charge is 2.15. The van der Waals surface area contributed by atoms with Crippen LogP contribution in [0.15, 0.2) is 0 Å². The van der Waals surface area contributed by atoms with E-state index < -0.39 is 25.0 Å². The van der Waals surface area contributed by atoms with Gasteiger partial charge in [0.25, 0.3) is 0 Å². The molecule has 0 unspecified atom stereocenters. The lowest BCUT2D eigenvalue weighted by Gasteiger charge is -1.88. The molecule has 0 saturated heterocycles. The Bertz CT molecular complexity index is 238. The lowest BCUT2D eigenvalue weighted by molar-refractivity contribution is 0.418. The van der Waals surface area contributed by atoms with E-state index in [1.807, 2.05) is 0 Å². The zero-order valence-corrected chi connectivity index (χ0v) is 6.20. The summed E-state index contributed by atoms with van der Waals surface area (Å²) in [5, 5.41) is -1.32. The summed E-state index contributed by atoms with van der Waals surface area (Å²) in [5.74, 6) is 0. The van der Waals surface area contributed by atoms with Crippen LogP contribution in [0.5, 0.6) is 0 Å². The molecular formula is C2H5O5S2. The van der Waals surface area contributed by atoms with E-state index in [0.717, 1.165) is 0 Å². The van der Waals surface area contributed by atoms with Gasteiger partial charge in [-0.1, -0.05) is 4.55 Å². The van der Waals surface area contributed by atoms with E-state index in [1.165, 1.54) is 0 Å². The number of hydrogen-bond donors (Lipinski definition) is 0. The average Bonchev–Trinajstić information content (AvgIpc) is 1.14. The van der Waals surface area contributed by atoms with Gasteiger partial charge in [-0.15, -0.1) is 0 Å². The van der Waals surface area contributed by atoms with Crippen molar-refractivity contribution in [3.05, 3.63) is 0 Å². The number of rotatable bonds is 2. The first-order chi connectivity index (χ1) is 3.71. The van der Waals surface area contributed by atoms with Crippen LogP contribution in [0.4, 0.5) is 0 Å². The van der Waals surface area contributed by atoms with E-state index in [4.69, 9.17) is 0 Å². The Morgan fingerprint density at radius 1 is 1.11 bits per heavy atom. The Kier molecular flexibility index (Phi) is 2.20. The van der Waals surface area contributed by atoms with E-state index in [1.54, 1.807) is 0 Å². The Balaban J connectivity index is 4.46. The molecule has 0 rings (SSSR count).